The number of nitrogens with zero attached hydrogens (tertiary/aromatic N) is 4. The highest BCUT2D eigenvalue weighted by atomic mass is 35.5. The van der Waals surface area contributed by atoms with E-state index in [0.717, 1.165) is 22.6 Å². The van der Waals surface area contributed by atoms with Gasteiger partial charge >= 0.3 is 0 Å². The van der Waals surface area contributed by atoms with Crippen molar-refractivity contribution in [2.75, 3.05) is 18.1 Å². The molecular formula is C19H19ClN4O. The third-order valence-electron chi connectivity index (χ3n) is 3.74. The molecule has 6 heteroatoms. The highest BCUT2D eigenvalue weighted by Gasteiger charge is 2.12. The van der Waals surface area contributed by atoms with E-state index in [4.69, 9.17) is 11.6 Å². The molecule has 0 fully saturated rings. The zero-order valence-electron chi connectivity index (χ0n) is 13.9. The number of anilines is 1. The van der Waals surface area contributed by atoms with E-state index < -0.39 is 0 Å². The van der Waals surface area contributed by atoms with Crippen LogP contribution in [0.4, 0.5) is 5.82 Å². The number of aliphatic hydroxyl groups excluding tert-OH is 1. The van der Waals surface area contributed by atoms with Crippen LogP contribution in [0.5, 0.6) is 0 Å². The molecule has 25 heavy (non-hydrogen) atoms. The molecule has 0 aliphatic heterocycles. The molecule has 0 saturated heterocycles. The van der Waals surface area contributed by atoms with Gasteiger partial charge in [-0.1, -0.05) is 23.7 Å². The van der Waals surface area contributed by atoms with Crippen LogP contribution in [0.1, 0.15) is 11.3 Å². The Labute approximate surface area is 152 Å². The van der Waals surface area contributed by atoms with E-state index in [9.17, 15) is 5.11 Å². The molecular weight excluding hydrogens is 336 g/mol. The summed E-state index contributed by atoms with van der Waals surface area (Å²) in [6.07, 6.45) is 3.44. The van der Waals surface area contributed by atoms with Crippen molar-refractivity contribution < 1.29 is 5.11 Å². The Morgan fingerprint density at radius 3 is 2.60 bits per heavy atom. The Kier molecular flexibility index (Phi) is 5.58. The van der Waals surface area contributed by atoms with Gasteiger partial charge in [-0.2, -0.15) is 0 Å². The first kappa shape index (κ1) is 17.3. The smallest absolute Gasteiger partial charge is 0.161 e. The maximum Gasteiger partial charge on any atom is 0.161 e. The Balaban J connectivity index is 1.94. The van der Waals surface area contributed by atoms with E-state index in [1.165, 1.54) is 0 Å². The second kappa shape index (κ2) is 8.05. The molecule has 0 aliphatic rings. The van der Waals surface area contributed by atoms with Crippen molar-refractivity contribution in [3.05, 3.63) is 71.1 Å². The molecule has 3 aromatic rings. The topological polar surface area (TPSA) is 62.1 Å². The van der Waals surface area contributed by atoms with Gasteiger partial charge in [0, 0.05) is 47.8 Å². The average molecular weight is 355 g/mol. The number of rotatable bonds is 6. The first-order valence-corrected chi connectivity index (χ1v) is 8.40. The summed E-state index contributed by atoms with van der Waals surface area (Å²) in [5.41, 5.74) is 2.83. The van der Waals surface area contributed by atoms with Gasteiger partial charge in [-0.25, -0.2) is 9.97 Å². The van der Waals surface area contributed by atoms with Gasteiger partial charge in [-0.05, 0) is 36.8 Å². The fourth-order valence-corrected chi connectivity index (χ4v) is 2.81. The number of halogens is 1. The maximum atomic E-state index is 9.47. The summed E-state index contributed by atoms with van der Waals surface area (Å²) < 4.78 is 0. The van der Waals surface area contributed by atoms with Crippen LogP contribution in [0, 0.1) is 6.92 Å². The lowest BCUT2D eigenvalue weighted by atomic mass is 10.2. The lowest BCUT2D eigenvalue weighted by molar-refractivity contribution is 0.301. The van der Waals surface area contributed by atoms with Crippen LogP contribution in [0.15, 0.2) is 54.9 Å². The van der Waals surface area contributed by atoms with Crippen molar-refractivity contribution in [3.8, 4) is 11.4 Å². The molecule has 2 heterocycles. The molecule has 1 aromatic carbocycles. The number of aliphatic hydroxyl groups is 1. The van der Waals surface area contributed by atoms with E-state index in [0.29, 0.717) is 23.9 Å². The summed E-state index contributed by atoms with van der Waals surface area (Å²) in [5.74, 6) is 1.42. The Morgan fingerprint density at radius 1 is 1.08 bits per heavy atom. The van der Waals surface area contributed by atoms with Gasteiger partial charge in [-0.15, -0.1) is 0 Å². The van der Waals surface area contributed by atoms with Crippen molar-refractivity contribution in [3.63, 3.8) is 0 Å². The van der Waals surface area contributed by atoms with Gasteiger partial charge in [0.05, 0.1) is 6.61 Å². The molecule has 0 aliphatic carbocycles. The maximum absolute atomic E-state index is 9.47. The normalized spacial score (nSPS) is 10.7. The first-order chi connectivity index (χ1) is 12.2. The summed E-state index contributed by atoms with van der Waals surface area (Å²) in [6.45, 7) is 3.05. The van der Waals surface area contributed by atoms with Gasteiger partial charge in [0.2, 0.25) is 0 Å². The summed E-state index contributed by atoms with van der Waals surface area (Å²) in [4.78, 5) is 15.3. The third-order valence-corrected chi connectivity index (χ3v) is 3.97. The molecule has 0 bridgehead atoms. The molecule has 5 nitrogen and oxygen atoms in total. The van der Waals surface area contributed by atoms with Crippen molar-refractivity contribution in [1.29, 1.82) is 0 Å². The molecule has 0 unspecified atom stereocenters. The fourth-order valence-electron chi connectivity index (χ4n) is 2.60. The quantitative estimate of drug-likeness (QED) is 0.734. The second-order valence-electron chi connectivity index (χ2n) is 5.70. The predicted molar refractivity (Wildman–Crippen MR) is 99.6 cm³/mol. The minimum atomic E-state index is 0.0359. The molecule has 0 atom stereocenters. The first-order valence-electron chi connectivity index (χ1n) is 8.02. The van der Waals surface area contributed by atoms with E-state index in [1.54, 1.807) is 12.4 Å². The molecule has 1 N–H and O–H groups in total. The molecule has 128 valence electrons. The van der Waals surface area contributed by atoms with Crippen LogP contribution >= 0.6 is 11.6 Å². The number of aryl methyl sites for hydroxylation is 1. The van der Waals surface area contributed by atoms with Crippen LogP contribution < -0.4 is 4.90 Å². The largest absolute Gasteiger partial charge is 0.395 e. The fraction of sp³-hybridized carbons (Fsp3) is 0.211. The van der Waals surface area contributed by atoms with Gasteiger partial charge < -0.3 is 10.0 Å². The lowest BCUT2D eigenvalue weighted by Crippen LogP contribution is -2.27. The highest BCUT2D eigenvalue weighted by molar-refractivity contribution is 6.30. The standard InChI is InChI=1S/C19H19ClN4O/c1-14-11-18(23-19(22-14)16-5-7-21-8-6-16)24(9-10-25)13-15-3-2-4-17(20)12-15/h2-8,11-12,25H,9-10,13H2,1H3. The van der Waals surface area contributed by atoms with Crippen molar-refractivity contribution in [2.24, 2.45) is 0 Å². The molecule has 3 rings (SSSR count). The van der Waals surface area contributed by atoms with E-state index in [1.807, 2.05) is 54.3 Å². The number of hydrogen-bond acceptors (Lipinski definition) is 5. The summed E-state index contributed by atoms with van der Waals surface area (Å²) in [7, 11) is 0. The molecule has 2 aromatic heterocycles. The highest BCUT2D eigenvalue weighted by Crippen LogP contribution is 2.22. The molecule has 0 amide bonds. The van der Waals surface area contributed by atoms with Gasteiger partial charge in [-0.3, -0.25) is 4.98 Å². The predicted octanol–water partition coefficient (Wildman–Crippen LogP) is 3.50. The Morgan fingerprint density at radius 2 is 1.88 bits per heavy atom. The number of pyridine rings is 1. The van der Waals surface area contributed by atoms with E-state index in [-0.39, 0.29) is 6.61 Å². The van der Waals surface area contributed by atoms with Crippen LogP contribution in [0.2, 0.25) is 5.02 Å². The van der Waals surface area contributed by atoms with Crippen molar-refractivity contribution in [2.45, 2.75) is 13.5 Å². The summed E-state index contributed by atoms with van der Waals surface area (Å²) in [6, 6.07) is 13.4. The zero-order chi connectivity index (χ0) is 17.6. The summed E-state index contributed by atoms with van der Waals surface area (Å²) >= 11 is 6.08. The SMILES string of the molecule is Cc1cc(N(CCO)Cc2cccc(Cl)c2)nc(-c2ccncc2)n1. The van der Waals surface area contributed by atoms with Gasteiger partial charge in [0.1, 0.15) is 5.82 Å². The van der Waals surface area contributed by atoms with Crippen LogP contribution in [0.3, 0.4) is 0 Å². The minimum Gasteiger partial charge on any atom is -0.395 e. The number of hydrogen-bond donors (Lipinski definition) is 1. The van der Waals surface area contributed by atoms with Crippen LogP contribution in [-0.4, -0.2) is 33.2 Å². The monoisotopic (exact) mass is 354 g/mol. The van der Waals surface area contributed by atoms with Gasteiger partial charge in [0.15, 0.2) is 5.82 Å². The minimum absolute atomic E-state index is 0.0359. The zero-order valence-corrected chi connectivity index (χ0v) is 14.7. The average Bonchev–Trinajstić information content (AvgIpc) is 2.62. The number of aromatic nitrogens is 3. The van der Waals surface area contributed by atoms with Crippen molar-refractivity contribution >= 4 is 17.4 Å². The Bertz CT molecular complexity index is 842. The second-order valence-corrected chi connectivity index (χ2v) is 6.14. The number of benzene rings is 1. The lowest BCUT2D eigenvalue weighted by Gasteiger charge is -2.24. The molecule has 0 saturated carbocycles. The Hall–Kier alpha value is -2.50. The summed E-state index contributed by atoms with van der Waals surface area (Å²) in [5, 5.41) is 10.2. The third kappa shape index (κ3) is 4.53. The van der Waals surface area contributed by atoms with Crippen LogP contribution in [0.25, 0.3) is 11.4 Å². The van der Waals surface area contributed by atoms with Gasteiger partial charge in [0.25, 0.3) is 0 Å². The van der Waals surface area contributed by atoms with E-state index in [2.05, 4.69) is 15.0 Å². The van der Waals surface area contributed by atoms with Crippen molar-refractivity contribution in [1.82, 2.24) is 15.0 Å². The van der Waals surface area contributed by atoms with Crippen LogP contribution in [-0.2, 0) is 6.54 Å². The molecule has 0 spiro atoms. The molecule has 0 radical (unpaired) electrons. The van der Waals surface area contributed by atoms with E-state index >= 15 is 0 Å².